The first-order chi connectivity index (χ1) is 4.98. The molecule has 1 aliphatic heterocycles. The maximum absolute atomic E-state index is 6.00. The van der Waals surface area contributed by atoms with Gasteiger partial charge in [0, 0.05) is 0 Å². The van der Waals surface area contributed by atoms with Crippen molar-refractivity contribution in [3.63, 3.8) is 0 Å². The van der Waals surface area contributed by atoms with Crippen molar-refractivity contribution in [2.45, 2.75) is 51.7 Å². The standard InChI is InChI=1S/C10H16O/c1-7-8(2)10(5-6-10)11-9(7,3)4/h5-6H2,1-4H3. The first-order valence-electron chi connectivity index (χ1n) is 4.37. The molecule has 1 saturated carbocycles. The molecule has 0 amide bonds. The summed E-state index contributed by atoms with van der Waals surface area (Å²) in [5.74, 6) is 0. The van der Waals surface area contributed by atoms with Gasteiger partial charge in [-0.25, -0.2) is 0 Å². The summed E-state index contributed by atoms with van der Waals surface area (Å²) in [7, 11) is 0. The molecule has 0 unspecified atom stereocenters. The highest BCUT2D eigenvalue weighted by Gasteiger charge is 2.55. The van der Waals surface area contributed by atoms with Crippen molar-refractivity contribution in [1.82, 2.24) is 0 Å². The molecule has 0 aromatic rings. The van der Waals surface area contributed by atoms with Gasteiger partial charge in [-0.05, 0) is 51.7 Å². The molecule has 0 bridgehead atoms. The summed E-state index contributed by atoms with van der Waals surface area (Å²) in [4.78, 5) is 0. The maximum atomic E-state index is 6.00. The monoisotopic (exact) mass is 152 g/mol. The summed E-state index contributed by atoms with van der Waals surface area (Å²) in [5, 5.41) is 0. The van der Waals surface area contributed by atoms with Crippen LogP contribution in [0.3, 0.4) is 0 Å². The Morgan fingerprint density at radius 2 is 1.64 bits per heavy atom. The van der Waals surface area contributed by atoms with E-state index >= 15 is 0 Å². The molecule has 1 spiro atoms. The lowest BCUT2D eigenvalue weighted by Gasteiger charge is -2.21. The summed E-state index contributed by atoms with van der Waals surface area (Å²) in [6.07, 6.45) is 2.47. The zero-order valence-electron chi connectivity index (χ0n) is 7.82. The van der Waals surface area contributed by atoms with Crippen LogP contribution in [-0.2, 0) is 4.74 Å². The lowest BCUT2D eigenvalue weighted by molar-refractivity contribution is -0.0211. The van der Waals surface area contributed by atoms with Crippen LogP contribution in [0.15, 0.2) is 11.1 Å². The zero-order valence-corrected chi connectivity index (χ0v) is 7.82. The van der Waals surface area contributed by atoms with E-state index in [9.17, 15) is 0 Å². The average Bonchev–Trinajstić information content (AvgIpc) is 2.62. The second-order valence-corrected chi connectivity index (χ2v) is 4.36. The van der Waals surface area contributed by atoms with Gasteiger partial charge in [-0.1, -0.05) is 0 Å². The van der Waals surface area contributed by atoms with Crippen molar-refractivity contribution in [3.8, 4) is 0 Å². The first-order valence-corrected chi connectivity index (χ1v) is 4.37. The number of hydrogen-bond donors (Lipinski definition) is 0. The summed E-state index contributed by atoms with van der Waals surface area (Å²) >= 11 is 0. The van der Waals surface area contributed by atoms with Crippen LogP contribution in [0, 0.1) is 0 Å². The molecule has 0 atom stereocenters. The Hall–Kier alpha value is -0.300. The van der Waals surface area contributed by atoms with Crippen LogP contribution in [0.5, 0.6) is 0 Å². The minimum atomic E-state index is 0.000579. The van der Waals surface area contributed by atoms with Crippen molar-refractivity contribution in [2.75, 3.05) is 0 Å². The summed E-state index contributed by atoms with van der Waals surface area (Å²) in [6, 6.07) is 0. The molecule has 1 nitrogen and oxygen atoms in total. The number of hydrogen-bond acceptors (Lipinski definition) is 1. The summed E-state index contributed by atoms with van der Waals surface area (Å²) in [5.41, 5.74) is 3.12. The molecule has 11 heavy (non-hydrogen) atoms. The van der Waals surface area contributed by atoms with Gasteiger partial charge in [-0.2, -0.15) is 0 Å². The SMILES string of the molecule is CC1=C(C)C2(CC2)OC1(C)C. The van der Waals surface area contributed by atoms with E-state index in [1.807, 2.05) is 0 Å². The molecule has 0 aromatic carbocycles. The highest BCUT2D eigenvalue weighted by Crippen LogP contribution is 2.55. The second kappa shape index (κ2) is 1.71. The molecule has 1 fully saturated rings. The largest absolute Gasteiger partial charge is 0.360 e. The van der Waals surface area contributed by atoms with Gasteiger partial charge >= 0.3 is 0 Å². The van der Waals surface area contributed by atoms with Crippen molar-refractivity contribution >= 4 is 0 Å². The van der Waals surface area contributed by atoms with Crippen molar-refractivity contribution in [3.05, 3.63) is 11.1 Å². The fourth-order valence-electron chi connectivity index (χ4n) is 2.03. The molecular weight excluding hydrogens is 136 g/mol. The summed E-state index contributed by atoms with van der Waals surface area (Å²) in [6.45, 7) is 8.75. The molecule has 1 aliphatic carbocycles. The summed E-state index contributed by atoms with van der Waals surface area (Å²) < 4.78 is 6.00. The Morgan fingerprint density at radius 1 is 1.09 bits per heavy atom. The minimum absolute atomic E-state index is 0.000579. The van der Waals surface area contributed by atoms with Crippen LogP contribution in [0.4, 0.5) is 0 Å². The lowest BCUT2D eigenvalue weighted by atomic mass is 9.97. The third-order valence-electron chi connectivity index (χ3n) is 3.30. The first kappa shape index (κ1) is 7.35. The van der Waals surface area contributed by atoms with Gasteiger partial charge in [-0.3, -0.25) is 0 Å². The van der Waals surface area contributed by atoms with Gasteiger partial charge in [0.1, 0.15) is 0 Å². The van der Waals surface area contributed by atoms with E-state index in [4.69, 9.17) is 4.74 Å². The molecule has 0 radical (unpaired) electrons. The van der Waals surface area contributed by atoms with Gasteiger partial charge in [0.25, 0.3) is 0 Å². The van der Waals surface area contributed by atoms with Gasteiger partial charge in [0.15, 0.2) is 0 Å². The molecule has 2 rings (SSSR count). The average molecular weight is 152 g/mol. The van der Waals surface area contributed by atoms with E-state index in [-0.39, 0.29) is 11.2 Å². The van der Waals surface area contributed by atoms with Crippen molar-refractivity contribution in [2.24, 2.45) is 0 Å². The van der Waals surface area contributed by atoms with Gasteiger partial charge < -0.3 is 4.74 Å². The minimum Gasteiger partial charge on any atom is -0.360 e. The van der Waals surface area contributed by atoms with Crippen molar-refractivity contribution in [1.29, 1.82) is 0 Å². The molecular formula is C10H16O. The van der Waals surface area contributed by atoms with Gasteiger partial charge in [0.2, 0.25) is 0 Å². The van der Waals surface area contributed by atoms with Crippen LogP contribution >= 0.6 is 0 Å². The lowest BCUT2D eigenvalue weighted by Crippen LogP contribution is -2.24. The van der Waals surface area contributed by atoms with Gasteiger partial charge in [-0.15, -0.1) is 0 Å². The van der Waals surface area contributed by atoms with E-state index in [1.54, 1.807) is 0 Å². The Morgan fingerprint density at radius 3 is 1.82 bits per heavy atom. The Balaban J connectivity index is 2.40. The second-order valence-electron chi connectivity index (χ2n) is 4.36. The highest BCUT2D eigenvalue weighted by molar-refractivity contribution is 5.37. The van der Waals surface area contributed by atoms with Crippen LogP contribution in [0.25, 0.3) is 0 Å². The quantitative estimate of drug-likeness (QED) is 0.485. The normalized spacial score (nSPS) is 31.6. The molecule has 0 N–H and O–H groups in total. The zero-order chi connectivity index (χ0) is 8.28. The molecule has 62 valence electrons. The fraction of sp³-hybridized carbons (Fsp3) is 0.800. The predicted octanol–water partition coefficient (Wildman–Crippen LogP) is 2.66. The Bertz CT molecular complexity index is 219. The maximum Gasteiger partial charge on any atom is 0.0906 e. The molecule has 2 aliphatic rings. The van der Waals surface area contributed by atoms with Crippen molar-refractivity contribution < 1.29 is 4.74 Å². The third kappa shape index (κ3) is 0.807. The van der Waals surface area contributed by atoms with E-state index in [0.29, 0.717) is 0 Å². The number of rotatable bonds is 0. The fourth-order valence-corrected chi connectivity index (χ4v) is 2.03. The van der Waals surface area contributed by atoms with Crippen LogP contribution in [-0.4, -0.2) is 11.2 Å². The van der Waals surface area contributed by atoms with E-state index in [0.717, 1.165) is 0 Å². The van der Waals surface area contributed by atoms with E-state index in [1.165, 1.54) is 24.0 Å². The molecule has 0 aromatic heterocycles. The molecule has 1 heterocycles. The molecule has 1 heteroatoms. The highest BCUT2D eigenvalue weighted by atomic mass is 16.5. The van der Waals surface area contributed by atoms with Crippen LogP contribution < -0.4 is 0 Å². The van der Waals surface area contributed by atoms with Crippen LogP contribution in [0.2, 0.25) is 0 Å². The van der Waals surface area contributed by atoms with Crippen LogP contribution in [0.1, 0.15) is 40.5 Å². The smallest absolute Gasteiger partial charge is 0.0906 e. The molecule has 0 saturated heterocycles. The number of ether oxygens (including phenoxy) is 1. The topological polar surface area (TPSA) is 9.23 Å². The Labute approximate surface area is 68.4 Å². The van der Waals surface area contributed by atoms with Gasteiger partial charge in [0.05, 0.1) is 11.2 Å². The van der Waals surface area contributed by atoms with E-state index < -0.39 is 0 Å². The third-order valence-corrected chi connectivity index (χ3v) is 3.30. The van der Waals surface area contributed by atoms with E-state index in [2.05, 4.69) is 27.7 Å². The predicted molar refractivity (Wildman–Crippen MR) is 45.5 cm³/mol. The Kier molecular flexibility index (Phi) is 1.15.